The minimum atomic E-state index is -0.117. The van der Waals surface area contributed by atoms with E-state index in [1.54, 1.807) is 23.2 Å². The van der Waals surface area contributed by atoms with Gasteiger partial charge in [-0.15, -0.1) is 0 Å². The summed E-state index contributed by atoms with van der Waals surface area (Å²) in [4.78, 5) is 32.2. The summed E-state index contributed by atoms with van der Waals surface area (Å²) < 4.78 is 5.14. The van der Waals surface area contributed by atoms with Gasteiger partial charge in [-0.05, 0) is 24.3 Å². The fraction of sp³-hybridized carbons (Fsp3) is 0.389. The summed E-state index contributed by atoms with van der Waals surface area (Å²) >= 11 is 0. The van der Waals surface area contributed by atoms with Gasteiger partial charge >= 0.3 is 0 Å². The standard InChI is InChI=1S/C18H22N4O3/c23-17(6-8-19-14-15-4-1-2-7-20-15)21-9-11-22(12-10-21)18(24)16-5-3-13-25-16/h1-5,7,13,19H,6,8-12,14H2. The van der Waals surface area contributed by atoms with Crippen LogP contribution in [0.3, 0.4) is 0 Å². The molecule has 1 N–H and O–H groups in total. The predicted octanol–water partition coefficient (Wildman–Crippen LogP) is 1.14. The van der Waals surface area contributed by atoms with Gasteiger partial charge in [-0.25, -0.2) is 0 Å². The number of amides is 2. The van der Waals surface area contributed by atoms with Gasteiger partial charge in [-0.3, -0.25) is 14.6 Å². The Morgan fingerprint density at radius 1 is 1.08 bits per heavy atom. The van der Waals surface area contributed by atoms with E-state index in [0.717, 1.165) is 5.69 Å². The minimum absolute atomic E-state index is 0.110. The number of aromatic nitrogens is 1. The molecular formula is C18H22N4O3. The molecule has 2 amide bonds. The van der Waals surface area contributed by atoms with Crippen LogP contribution in [0, 0.1) is 0 Å². The first-order valence-corrected chi connectivity index (χ1v) is 8.45. The number of hydrogen-bond donors (Lipinski definition) is 1. The minimum Gasteiger partial charge on any atom is -0.459 e. The van der Waals surface area contributed by atoms with Crippen LogP contribution in [0.4, 0.5) is 0 Å². The van der Waals surface area contributed by atoms with Crippen LogP contribution >= 0.6 is 0 Å². The summed E-state index contributed by atoms with van der Waals surface area (Å²) in [6, 6.07) is 9.13. The van der Waals surface area contributed by atoms with Crippen LogP contribution in [0.5, 0.6) is 0 Å². The van der Waals surface area contributed by atoms with Gasteiger partial charge in [0.1, 0.15) is 0 Å². The van der Waals surface area contributed by atoms with Crippen molar-refractivity contribution < 1.29 is 14.0 Å². The van der Waals surface area contributed by atoms with E-state index in [4.69, 9.17) is 4.42 Å². The van der Waals surface area contributed by atoms with Gasteiger partial charge in [0.15, 0.2) is 5.76 Å². The molecule has 1 aliphatic rings. The predicted molar refractivity (Wildman–Crippen MR) is 91.8 cm³/mol. The van der Waals surface area contributed by atoms with Crippen molar-refractivity contribution in [3.05, 3.63) is 54.2 Å². The lowest BCUT2D eigenvalue weighted by Gasteiger charge is -2.34. The molecular weight excluding hydrogens is 320 g/mol. The van der Waals surface area contributed by atoms with Crippen molar-refractivity contribution in [3.8, 4) is 0 Å². The maximum atomic E-state index is 12.3. The first kappa shape index (κ1) is 17.2. The number of pyridine rings is 1. The fourth-order valence-electron chi connectivity index (χ4n) is 2.79. The lowest BCUT2D eigenvalue weighted by molar-refractivity contribution is -0.132. The molecule has 0 saturated carbocycles. The molecule has 0 spiro atoms. The Kier molecular flexibility index (Phi) is 5.79. The third-order valence-corrected chi connectivity index (χ3v) is 4.20. The van der Waals surface area contributed by atoms with Gasteiger partial charge in [-0.2, -0.15) is 0 Å². The van der Waals surface area contributed by atoms with Crippen LogP contribution in [0.25, 0.3) is 0 Å². The smallest absolute Gasteiger partial charge is 0.289 e. The summed E-state index contributed by atoms with van der Waals surface area (Å²) in [5.41, 5.74) is 0.958. The zero-order chi connectivity index (χ0) is 17.5. The molecule has 1 fully saturated rings. The SMILES string of the molecule is O=C(CCNCc1ccccn1)N1CCN(C(=O)c2ccco2)CC1. The number of nitrogens with zero attached hydrogens (tertiary/aromatic N) is 3. The quantitative estimate of drug-likeness (QED) is 0.797. The van der Waals surface area contributed by atoms with E-state index >= 15 is 0 Å². The van der Waals surface area contributed by atoms with Gasteiger partial charge < -0.3 is 19.5 Å². The summed E-state index contributed by atoms with van der Waals surface area (Å²) in [7, 11) is 0. The molecule has 132 valence electrons. The van der Waals surface area contributed by atoms with E-state index in [1.165, 1.54) is 6.26 Å². The Labute approximate surface area is 146 Å². The monoisotopic (exact) mass is 342 g/mol. The van der Waals surface area contributed by atoms with Crippen molar-refractivity contribution in [2.45, 2.75) is 13.0 Å². The van der Waals surface area contributed by atoms with Crippen molar-refractivity contribution >= 4 is 11.8 Å². The zero-order valence-electron chi connectivity index (χ0n) is 14.1. The molecule has 2 aromatic heterocycles. The van der Waals surface area contributed by atoms with Crippen LogP contribution in [0.2, 0.25) is 0 Å². The molecule has 0 atom stereocenters. The van der Waals surface area contributed by atoms with Crippen LogP contribution in [0.15, 0.2) is 47.2 Å². The van der Waals surface area contributed by atoms with Crippen molar-refractivity contribution in [2.75, 3.05) is 32.7 Å². The lowest BCUT2D eigenvalue weighted by Crippen LogP contribution is -2.50. The summed E-state index contributed by atoms with van der Waals surface area (Å²) in [6.45, 7) is 3.46. The molecule has 0 bridgehead atoms. The molecule has 0 aliphatic carbocycles. The first-order valence-electron chi connectivity index (χ1n) is 8.45. The Balaban J connectivity index is 1.36. The molecule has 25 heavy (non-hydrogen) atoms. The highest BCUT2D eigenvalue weighted by Crippen LogP contribution is 2.10. The summed E-state index contributed by atoms with van der Waals surface area (Å²) in [5, 5.41) is 3.23. The highest BCUT2D eigenvalue weighted by atomic mass is 16.3. The highest BCUT2D eigenvalue weighted by molar-refractivity contribution is 5.91. The molecule has 0 aromatic carbocycles. The van der Waals surface area contributed by atoms with Crippen LogP contribution in [0.1, 0.15) is 22.7 Å². The average molecular weight is 342 g/mol. The van der Waals surface area contributed by atoms with Gasteiger partial charge in [0.05, 0.1) is 12.0 Å². The molecule has 0 unspecified atom stereocenters. The Morgan fingerprint density at radius 3 is 2.56 bits per heavy atom. The molecule has 7 nitrogen and oxygen atoms in total. The van der Waals surface area contributed by atoms with Gasteiger partial charge in [0, 0.05) is 51.9 Å². The van der Waals surface area contributed by atoms with E-state index in [-0.39, 0.29) is 11.8 Å². The number of furan rings is 1. The Bertz CT molecular complexity index is 680. The summed E-state index contributed by atoms with van der Waals surface area (Å²) in [6.07, 6.45) is 3.69. The maximum Gasteiger partial charge on any atom is 0.289 e. The number of hydrogen-bond acceptors (Lipinski definition) is 5. The van der Waals surface area contributed by atoms with E-state index in [1.807, 2.05) is 23.1 Å². The maximum absolute atomic E-state index is 12.3. The van der Waals surface area contributed by atoms with Crippen molar-refractivity contribution in [1.29, 1.82) is 0 Å². The van der Waals surface area contributed by atoms with Crippen molar-refractivity contribution in [3.63, 3.8) is 0 Å². The second-order valence-electron chi connectivity index (χ2n) is 5.90. The molecule has 1 saturated heterocycles. The number of rotatable bonds is 6. The number of carbonyl (C=O) groups is 2. The largest absolute Gasteiger partial charge is 0.459 e. The van der Waals surface area contributed by atoms with Gasteiger partial charge in [0.2, 0.25) is 5.91 Å². The normalized spacial score (nSPS) is 14.6. The number of carbonyl (C=O) groups excluding carboxylic acids is 2. The van der Waals surface area contributed by atoms with Gasteiger partial charge in [-0.1, -0.05) is 6.07 Å². The number of nitrogens with one attached hydrogen (secondary N) is 1. The van der Waals surface area contributed by atoms with E-state index in [0.29, 0.717) is 51.4 Å². The second-order valence-corrected chi connectivity index (χ2v) is 5.90. The molecule has 1 aliphatic heterocycles. The average Bonchev–Trinajstić information content (AvgIpc) is 3.20. The highest BCUT2D eigenvalue weighted by Gasteiger charge is 2.25. The molecule has 7 heteroatoms. The Morgan fingerprint density at radius 2 is 1.88 bits per heavy atom. The van der Waals surface area contributed by atoms with Crippen molar-refractivity contribution in [1.82, 2.24) is 20.1 Å². The third kappa shape index (κ3) is 4.67. The second kappa shape index (κ2) is 8.43. The van der Waals surface area contributed by atoms with Crippen LogP contribution < -0.4 is 5.32 Å². The topological polar surface area (TPSA) is 78.7 Å². The number of piperazine rings is 1. The van der Waals surface area contributed by atoms with Crippen LogP contribution in [-0.2, 0) is 11.3 Å². The Hall–Kier alpha value is -2.67. The van der Waals surface area contributed by atoms with Gasteiger partial charge in [0.25, 0.3) is 5.91 Å². The van der Waals surface area contributed by atoms with Crippen molar-refractivity contribution in [2.24, 2.45) is 0 Å². The molecule has 3 rings (SSSR count). The third-order valence-electron chi connectivity index (χ3n) is 4.20. The van der Waals surface area contributed by atoms with E-state index in [2.05, 4.69) is 10.3 Å². The lowest BCUT2D eigenvalue weighted by atomic mass is 10.2. The fourth-order valence-corrected chi connectivity index (χ4v) is 2.79. The first-order chi connectivity index (χ1) is 12.2. The van der Waals surface area contributed by atoms with E-state index in [9.17, 15) is 9.59 Å². The molecule has 2 aromatic rings. The van der Waals surface area contributed by atoms with Crippen LogP contribution in [-0.4, -0.2) is 59.3 Å². The molecule has 0 radical (unpaired) electrons. The van der Waals surface area contributed by atoms with E-state index < -0.39 is 0 Å². The summed E-state index contributed by atoms with van der Waals surface area (Å²) in [5.74, 6) is 0.339. The molecule has 3 heterocycles. The zero-order valence-corrected chi connectivity index (χ0v) is 14.1.